The molecular formula is C110H114N5O20PS4. The number of carbonyl (C=O) groups is 11. The molecule has 2 spiro atoms. The lowest BCUT2D eigenvalue weighted by atomic mass is 9.88. The van der Waals surface area contributed by atoms with Crippen molar-refractivity contribution in [2.75, 3.05) is 85.8 Å². The van der Waals surface area contributed by atoms with E-state index in [1.165, 1.54) is 13.2 Å². The predicted octanol–water partition coefficient (Wildman–Crippen LogP) is 17.0. The van der Waals surface area contributed by atoms with Gasteiger partial charge in [0.2, 0.25) is 0 Å². The molecule has 0 aliphatic carbocycles. The van der Waals surface area contributed by atoms with Crippen molar-refractivity contribution in [2.24, 2.45) is 0 Å². The van der Waals surface area contributed by atoms with Gasteiger partial charge >= 0.3 is 28.3 Å². The summed E-state index contributed by atoms with van der Waals surface area (Å²) in [7, 11) is -6.85. The van der Waals surface area contributed by atoms with E-state index in [4.69, 9.17) is 31.7 Å². The summed E-state index contributed by atoms with van der Waals surface area (Å²) in [4.78, 5) is 146. The van der Waals surface area contributed by atoms with Crippen LogP contribution in [-0.2, 0) is 53.6 Å². The van der Waals surface area contributed by atoms with Gasteiger partial charge < -0.3 is 38.7 Å². The van der Waals surface area contributed by atoms with E-state index in [9.17, 15) is 61.2 Å². The molecule has 7 aliphatic rings. The average molecular weight is 1990 g/mol. The molecule has 2 N–H and O–H groups in total. The highest BCUT2D eigenvalue weighted by molar-refractivity contribution is 8.01. The number of rotatable bonds is 15. The zero-order valence-electron chi connectivity index (χ0n) is 78.3. The van der Waals surface area contributed by atoms with Gasteiger partial charge in [-0.25, -0.2) is 18.0 Å². The summed E-state index contributed by atoms with van der Waals surface area (Å²) >= 11 is 3.39. The minimum atomic E-state index is -4.67. The van der Waals surface area contributed by atoms with Crippen molar-refractivity contribution >= 4 is 137 Å². The summed E-state index contributed by atoms with van der Waals surface area (Å²) < 4.78 is 71.5. The van der Waals surface area contributed by atoms with Gasteiger partial charge in [-0.1, -0.05) is 242 Å². The number of hydrogen-bond donors (Lipinski definition) is 2. The van der Waals surface area contributed by atoms with E-state index in [0.29, 0.717) is 125 Å². The number of methoxy groups -OCH3 is 1. The second kappa shape index (κ2) is 50.6. The summed E-state index contributed by atoms with van der Waals surface area (Å²) in [6.45, 7) is 7.78. The molecule has 11 aromatic rings. The molecule has 0 radical (unpaired) electrons. The maximum absolute atomic E-state index is 13.2. The van der Waals surface area contributed by atoms with Gasteiger partial charge in [0.25, 0.3) is 29.5 Å². The van der Waals surface area contributed by atoms with Crippen LogP contribution >= 0.6 is 30.4 Å². The van der Waals surface area contributed by atoms with Crippen LogP contribution in [0.3, 0.4) is 0 Å². The summed E-state index contributed by atoms with van der Waals surface area (Å²) in [5.74, 6) is 1.48. The second-order valence-electron chi connectivity index (χ2n) is 34.0. The molecular weight excluding hydrogens is 1870 g/mol. The molecule has 0 unspecified atom stereocenters. The van der Waals surface area contributed by atoms with E-state index < -0.39 is 36.6 Å². The fourth-order valence-corrected chi connectivity index (χ4v) is 26.3. The molecule has 7 heterocycles. The van der Waals surface area contributed by atoms with Gasteiger partial charge in [-0.15, -0.1) is 23.5 Å². The Labute approximate surface area is 826 Å². The Balaban J connectivity index is 0.000000150. The van der Waals surface area contributed by atoms with Crippen LogP contribution < -0.4 is 15.9 Å². The molecule has 5 fully saturated rings. The third-order valence-corrected chi connectivity index (χ3v) is 34.6. The standard InChI is InChI=1S/C21H23NO3S.C21H19O2P.C20H19NO4S.C20H19NO2S.C16H19NO3.C12H13NO2.H2O4S/c1-2-25-20(24)21(26-18-11-7-4-8-12-18)13-15-22(16-14-21)19(23)17-9-5-3-6-10-17;1-23-21(22)17-24(18-11-5-2-6-12-18,19-13-7-3-8-14-19)20-15-9-4-10-16-20;22-17-14-20(26(24,25)18-9-5-4-8-16(17)18)10-12-21(13-11-20)19(23)15-6-2-1-3-7-15;22-17-14-20(24-18-9-5-4-8-16(17)18)10-12-21(13-11-20)19(23)15-6-2-1-3-7-15;1-2-20-15(18)12-13-8-10-17(11-9-13)16(19)14-6-4-3-5-7-14;14-11-6-8-13(9-7-11)12(15)10-4-2-1-3-5-10;1-5(2,3)4/h3-12H,2,13-16H2,1H3;2-17H,1H3;1-9H,10-14H2;1-9H,10-14H2;3-7,12H,2,8-11H2,1H3;1-5H,6-9H2;(H2,1,2,3,4). The topological polar surface area (TPSA) is 340 Å². The number of esters is 3. The number of thioether (sulfide) groups is 2. The van der Waals surface area contributed by atoms with Crippen molar-refractivity contribution in [3.05, 3.63) is 372 Å². The normalized spacial score (nSPS) is 16.3. The first kappa shape index (κ1) is 106. The first-order valence-electron chi connectivity index (χ1n) is 46.4. The van der Waals surface area contributed by atoms with Gasteiger partial charge in [0.15, 0.2) is 21.4 Å². The molecule has 18 rings (SSSR count). The molecule has 0 aromatic heterocycles. The third kappa shape index (κ3) is 28.1. The zero-order valence-corrected chi connectivity index (χ0v) is 82.4. The lowest BCUT2D eigenvalue weighted by molar-refractivity contribution is -0.147. The molecule has 140 heavy (non-hydrogen) atoms. The van der Waals surface area contributed by atoms with Crippen molar-refractivity contribution in [3.63, 3.8) is 0 Å². The van der Waals surface area contributed by atoms with Gasteiger partial charge in [0.1, 0.15) is 10.5 Å². The highest BCUT2D eigenvalue weighted by atomic mass is 32.3. The number of benzene rings is 11. The lowest BCUT2D eigenvalue weighted by Crippen LogP contribution is -2.53. The lowest BCUT2D eigenvalue weighted by Gasteiger charge is -2.43. The number of Topliss-reactive ketones (excluding diaryl/α,β-unsaturated/α-hetero) is 3. The SMILES string of the molecule is CCOC(=O)C1(Sc2ccccc2)CCN(C(=O)c2ccccc2)CC1.CCOC(=O)C=C1CCN(C(=O)c2ccccc2)CC1.COC(=O)C=P(c1ccccc1)(c1ccccc1)c1ccccc1.O=C1CC2(CCN(C(=O)c3ccccc3)CC2)S(=O)(=O)c2ccccc21.O=C1CC2(CCN(C(=O)c3ccccc3)CC2)Sc2ccccc21.O=C1CCN(C(=O)c2ccccc2)CC1.O=S(=O)(O)O. The summed E-state index contributed by atoms with van der Waals surface area (Å²) in [6.07, 6.45) is 8.10. The Bertz CT molecular complexity index is 6300. The summed E-state index contributed by atoms with van der Waals surface area (Å²) in [6, 6.07) is 101. The Hall–Kier alpha value is -13.3. The molecule has 11 aromatic carbocycles. The number of likely N-dealkylation sites (tertiary alicyclic amines) is 5. The van der Waals surface area contributed by atoms with E-state index >= 15 is 0 Å². The molecule has 0 saturated carbocycles. The number of piperidine rings is 5. The van der Waals surface area contributed by atoms with Gasteiger partial charge in [0, 0.05) is 156 Å². The highest BCUT2D eigenvalue weighted by Gasteiger charge is 2.53. The number of hydrogen-bond acceptors (Lipinski definition) is 20. The molecule has 0 bridgehead atoms. The monoisotopic (exact) mass is 1980 g/mol. The average Bonchev–Trinajstić information content (AvgIpc) is 0.719. The van der Waals surface area contributed by atoms with Gasteiger partial charge in [0.05, 0.1) is 30.0 Å². The van der Waals surface area contributed by atoms with Crippen molar-refractivity contribution < 1.29 is 92.9 Å². The van der Waals surface area contributed by atoms with Crippen molar-refractivity contribution in [3.8, 4) is 0 Å². The Morgan fingerprint density at radius 3 is 1.11 bits per heavy atom. The van der Waals surface area contributed by atoms with E-state index in [-0.39, 0.29) is 93.7 Å². The third-order valence-electron chi connectivity index (χ3n) is 25.0. The number of sulfone groups is 1. The first-order chi connectivity index (χ1) is 67.5. The number of ether oxygens (including phenoxy) is 3. The molecule has 728 valence electrons. The number of nitrogens with zero attached hydrogens (tertiary/aromatic N) is 5. The molecule has 0 atom stereocenters. The number of amides is 5. The first-order valence-corrected chi connectivity index (χ1v) is 52.8. The van der Waals surface area contributed by atoms with Gasteiger partial charge in [-0.2, -0.15) is 8.42 Å². The smallest absolute Gasteiger partial charge is 0.394 e. The van der Waals surface area contributed by atoms with E-state index in [2.05, 4.69) is 36.4 Å². The predicted molar refractivity (Wildman–Crippen MR) is 546 cm³/mol. The molecule has 25 nitrogen and oxygen atoms in total. The molecule has 7 aliphatic heterocycles. The van der Waals surface area contributed by atoms with Gasteiger partial charge in [-0.3, -0.25) is 52.3 Å². The van der Waals surface area contributed by atoms with Crippen LogP contribution in [0.25, 0.3) is 0 Å². The Morgan fingerprint density at radius 1 is 0.400 bits per heavy atom. The Morgan fingerprint density at radius 2 is 0.721 bits per heavy atom. The van der Waals surface area contributed by atoms with Crippen LogP contribution in [0.4, 0.5) is 0 Å². The van der Waals surface area contributed by atoms with E-state index in [1.54, 1.807) is 95.0 Å². The zero-order chi connectivity index (χ0) is 99.7. The van der Waals surface area contributed by atoms with Crippen molar-refractivity contribution in [2.45, 2.75) is 120 Å². The quantitative estimate of drug-likeness (QED) is 0.0316. The maximum atomic E-state index is 13.2. The van der Waals surface area contributed by atoms with Crippen LogP contribution in [0.5, 0.6) is 0 Å². The van der Waals surface area contributed by atoms with Crippen molar-refractivity contribution in [1.82, 2.24) is 24.5 Å². The fraction of sp³-hybridized carbons (Fsp3) is 0.273. The maximum Gasteiger partial charge on any atom is 0.394 e. The molecule has 5 amide bonds. The highest BCUT2D eigenvalue weighted by Crippen LogP contribution is 2.50. The number of fused-ring (bicyclic) bond motifs is 2. The fourth-order valence-electron chi connectivity index (χ4n) is 17.6. The van der Waals surface area contributed by atoms with Crippen LogP contribution in [0, 0.1) is 0 Å². The summed E-state index contributed by atoms with van der Waals surface area (Å²) in [5.41, 5.74) is 5.64. The second-order valence-corrected chi connectivity index (χ2v) is 43.4. The van der Waals surface area contributed by atoms with Gasteiger partial charge in [-0.05, 0) is 173 Å². The van der Waals surface area contributed by atoms with Crippen LogP contribution in [0.1, 0.15) is 163 Å². The molecule has 30 heteroatoms. The van der Waals surface area contributed by atoms with Crippen molar-refractivity contribution in [1.29, 1.82) is 0 Å². The van der Waals surface area contributed by atoms with E-state index in [0.717, 1.165) is 81.2 Å². The number of carbonyl (C=O) groups excluding carboxylic acids is 11. The van der Waals surface area contributed by atoms with Crippen LogP contribution in [0.2, 0.25) is 0 Å². The van der Waals surface area contributed by atoms with E-state index in [1.807, 2.05) is 258 Å². The van der Waals surface area contributed by atoms with Crippen LogP contribution in [-0.4, -0.2) is 221 Å². The van der Waals surface area contributed by atoms with Crippen LogP contribution in [0.15, 0.2) is 348 Å². The minimum absolute atomic E-state index is 0.000284. The minimum Gasteiger partial charge on any atom is -0.466 e. The largest absolute Gasteiger partial charge is 0.466 e. The number of ketones is 3. The Kier molecular flexibility index (Phi) is 38.1. The summed E-state index contributed by atoms with van der Waals surface area (Å²) in [5, 5.41) is 3.40. The molecule has 5 saturated heterocycles.